The molecular weight excluding hydrogens is 538 g/mol. The normalized spacial score (nSPS) is 14.5. The molecule has 2 atom stereocenters. The highest BCUT2D eigenvalue weighted by Crippen LogP contribution is 2.21. The summed E-state index contributed by atoms with van der Waals surface area (Å²) in [5.74, 6) is -2.84. The van der Waals surface area contributed by atoms with E-state index in [1.54, 1.807) is 44.2 Å². The van der Waals surface area contributed by atoms with Crippen LogP contribution in [0.5, 0.6) is 5.88 Å². The van der Waals surface area contributed by atoms with Gasteiger partial charge >= 0.3 is 18.0 Å². The van der Waals surface area contributed by atoms with Crippen molar-refractivity contribution in [2.75, 3.05) is 39.4 Å². The topological polar surface area (TPSA) is 170 Å². The molecule has 3 rings (SSSR count). The molecule has 0 saturated carbocycles. The van der Waals surface area contributed by atoms with Crippen molar-refractivity contribution >= 4 is 29.8 Å². The average molecular weight is 574 g/mol. The minimum atomic E-state index is -1.16. The fourth-order valence-electron chi connectivity index (χ4n) is 4.10. The Kier molecular flexibility index (Phi) is 11.1. The Morgan fingerprint density at radius 2 is 1.61 bits per heavy atom. The van der Waals surface area contributed by atoms with Gasteiger partial charge in [-0.05, 0) is 39.3 Å². The van der Waals surface area contributed by atoms with Gasteiger partial charge in [-0.2, -0.15) is 5.10 Å². The van der Waals surface area contributed by atoms with Crippen LogP contribution in [0.2, 0.25) is 0 Å². The molecule has 1 fully saturated rings. The number of benzene rings is 1. The van der Waals surface area contributed by atoms with E-state index in [0.29, 0.717) is 5.69 Å². The highest BCUT2D eigenvalue weighted by Gasteiger charge is 2.32. The molecule has 3 amide bonds. The van der Waals surface area contributed by atoms with Gasteiger partial charge in [0, 0.05) is 38.7 Å². The number of para-hydroxylation sites is 1. The Morgan fingerprint density at radius 3 is 2.22 bits per heavy atom. The standard InChI is InChI=1S/C27H35N5O9/c1-4-39-26(37)18(3)41-22-17-21(29-32(22)19-9-7-6-8-10-19)24(35)28-20(11-12-23(33)34)25(36)30-13-15-31(16-14-30)27(38)40-5-2/h6-10,17-18,20H,4-5,11-16H2,1-3H3,(H,28,35)(H,33,34). The average Bonchev–Trinajstić information content (AvgIpc) is 3.39. The van der Waals surface area contributed by atoms with Gasteiger partial charge in [0.2, 0.25) is 11.8 Å². The van der Waals surface area contributed by atoms with Crippen molar-refractivity contribution in [3.63, 3.8) is 0 Å². The molecule has 2 unspecified atom stereocenters. The maximum absolute atomic E-state index is 13.3. The monoisotopic (exact) mass is 573 g/mol. The van der Waals surface area contributed by atoms with E-state index in [9.17, 15) is 29.1 Å². The van der Waals surface area contributed by atoms with E-state index in [-0.39, 0.29) is 63.8 Å². The number of aliphatic carboxylic acids is 1. The Morgan fingerprint density at radius 1 is 0.976 bits per heavy atom. The lowest BCUT2D eigenvalue weighted by Gasteiger charge is -2.35. The van der Waals surface area contributed by atoms with Crippen LogP contribution in [0.1, 0.15) is 44.1 Å². The van der Waals surface area contributed by atoms with Gasteiger partial charge in [-0.3, -0.25) is 14.4 Å². The third kappa shape index (κ3) is 8.43. The number of esters is 1. The molecular formula is C27H35N5O9. The lowest BCUT2D eigenvalue weighted by molar-refractivity contribution is -0.150. The zero-order chi connectivity index (χ0) is 29.9. The molecule has 2 heterocycles. The number of carboxylic acids is 1. The second-order valence-corrected chi connectivity index (χ2v) is 9.10. The predicted octanol–water partition coefficient (Wildman–Crippen LogP) is 1.47. The first-order chi connectivity index (χ1) is 19.6. The molecule has 1 aliphatic rings. The first-order valence-corrected chi connectivity index (χ1v) is 13.4. The summed E-state index contributed by atoms with van der Waals surface area (Å²) < 4.78 is 17.1. The number of rotatable bonds is 12. The SMILES string of the molecule is CCOC(=O)C(C)Oc1cc(C(=O)NC(CCC(=O)O)C(=O)N2CCN(C(=O)OCC)CC2)nn1-c1ccccc1. The van der Waals surface area contributed by atoms with E-state index in [1.165, 1.54) is 27.5 Å². The van der Waals surface area contributed by atoms with Gasteiger partial charge < -0.3 is 34.4 Å². The Labute approximate surface area is 237 Å². The molecule has 1 aromatic carbocycles. The number of nitrogens with one attached hydrogen (secondary N) is 1. The van der Waals surface area contributed by atoms with Crippen LogP contribution in [0, 0.1) is 0 Å². The second-order valence-electron chi connectivity index (χ2n) is 9.10. The Bertz CT molecular complexity index is 1230. The molecule has 14 nitrogen and oxygen atoms in total. The van der Waals surface area contributed by atoms with Crippen LogP contribution in [0.25, 0.3) is 5.69 Å². The molecule has 2 N–H and O–H groups in total. The van der Waals surface area contributed by atoms with Crippen LogP contribution in [0.3, 0.4) is 0 Å². The number of amides is 3. The summed E-state index contributed by atoms with van der Waals surface area (Å²) in [7, 11) is 0. The van der Waals surface area contributed by atoms with Crippen LogP contribution in [-0.4, -0.2) is 106 Å². The maximum atomic E-state index is 13.3. The molecule has 0 spiro atoms. The zero-order valence-corrected chi connectivity index (χ0v) is 23.3. The molecule has 1 saturated heterocycles. The third-order valence-electron chi connectivity index (χ3n) is 6.19. The molecule has 0 aliphatic carbocycles. The highest BCUT2D eigenvalue weighted by molar-refractivity contribution is 5.96. The number of aromatic nitrogens is 2. The van der Waals surface area contributed by atoms with Gasteiger partial charge in [0.25, 0.3) is 5.91 Å². The van der Waals surface area contributed by atoms with E-state index >= 15 is 0 Å². The fraction of sp³-hybridized carbons (Fsp3) is 0.481. The quantitative estimate of drug-likeness (QED) is 0.355. The molecule has 2 aromatic rings. The van der Waals surface area contributed by atoms with Crippen molar-refractivity contribution in [1.29, 1.82) is 0 Å². The predicted molar refractivity (Wildman–Crippen MR) is 144 cm³/mol. The number of hydrogen-bond acceptors (Lipinski definition) is 9. The molecule has 1 aliphatic heterocycles. The summed E-state index contributed by atoms with van der Waals surface area (Å²) in [6.45, 7) is 6.15. The molecule has 0 radical (unpaired) electrons. The van der Waals surface area contributed by atoms with Gasteiger partial charge in [0.15, 0.2) is 11.8 Å². The number of piperazine rings is 1. The number of ether oxygens (including phenoxy) is 3. The molecule has 0 bridgehead atoms. The summed E-state index contributed by atoms with van der Waals surface area (Å²) in [5, 5.41) is 16.2. The summed E-state index contributed by atoms with van der Waals surface area (Å²) in [4.78, 5) is 65.0. The minimum absolute atomic E-state index is 0.0883. The van der Waals surface area contributed by atoms with Crippen molar-refractivity contribution in [2.24, 2.45) is 0 Å². The first-order valence-electron chi connectivity index (χ1n) is 13.4. The van der Waals surface area contributed by atoms with E-state index in [4.69, 9.17) is 14.2 Å². The summed E-state index contributed by atoms with van der Waals surface area (Å²) in [5.41, 5.74) is 0.441. The molecule has 1 aromatic heterocycles. The van der Waals surface area contributed by atoms with E-state index in [0.717, 1.165) is 0 Å². The molecule has 14 heteroatoms. The fourth-order valence-corrected chi connectivity index (χ4v) is 4.10. The van der Waals surface area contributed by atoms with Gasteiger partial charge in [0.1, 0.15) is 6.04 Å². The number of nitrogens with zero attached hydrogens (tertiary/aromatic N) is 4. The summed E-state index contributed by atoms with van der Waals surface area (Å²) >= 11 is 0. The van der Waals surface area contributed by atoms with Gasteiger partial charge in [-0.25, -0.2) is 14.3 Å². The third-order valence-corrected chi connectivity index (χ3v) is 6.19. The smallest absolute Gasteiger partial charge is 0.409 e. The summed E-state index contributed by atoms with van der Waals surface area (Å²) in [6, 6.07) is 8.95. The van der Waals surface area contributed by atoms with Crippen LogP contribution < -0.4 is 10.1 Å². The largest absolute Gasteiger partial charge is 0.481 e. The van der Waals surface area contributed by atoms with Crippen molar-refractivity contribution in [3.05, 3.63) is 42.1 Å². The van der Waals surface area contributed by atoms with Crippen LogP contribution in [-0.2, 0) is 23.9 Å². The number of carboxylic acid groups (broad SMARTS) is 1. The lowest BCUT2D eigenvalue weighted by Crippen LogP contribution is -2.56. The van der Waals surface area contributed by atoms with E-state index in [2.05, 4.69) is 10.4 Å². The van der Waals surface area contributed by atoms with E-state index in [1.807, 2.05) is 0 Å². The molecule has 41 heavy (non-hydrogen) atoms. The van der Waals surface area contributed by atoms with Crippen LogP contribution in [0.15, 0.2) is 36.4 Å². The number of hydrogen-bond donors (Lipinski definition) is 2. The lowest BCUT2D eigenvalue weighted by atomic mass is 10.1. The summed E-state index contributed by atoms with van der Waals surface area (Å²) in [6.07, 6.45) is -1.98. The maximum Gasteiger partial charge on any atom is 0.409 e. The Balaban J connectivity index is 1.79. The highest BCUT2D eigenvalue weighted by atomic mass is 16.6. The van der Waals surface area contributed by atoms with Crippen molar-refractivity contribution in [1.82, 2.24) is 24.9 Å². The van der Waals surface area contributed by atoms with Crippen molar-refractivity contribution < 1.29 is 43.3 Å². The zero-order valence-electron chi connectivity index (χ0n) is 23.3. The van der Waals surface area contributed by atoms with E-state index < -0.39 is 42.0 Å². The van der Waals surface area contributed by atoms with Gasteiger partial charge in [-0.15, -0.1) is 0 Å². The van der Waals surface area contributed by atoms with Crippen molar-refractivity contribution in [3.8, 4) is 11.6 Å². The molecule has 222 valence electrons. The van der Waals surface area contributed by atoms with Gasteiger partial charge in [-0.1, -0.05) is 18.2 Å². The number of carbonyl (C=O) groups is 5. The van der Waals surface area contributed by atoms with Crippen LogP contribution >= 0.6 is 0 Å². The Hall–Kier alpha value is -4.62. The van der Waals surface area contributed by atoms with Gasteiger partial charge in [0.05, 0.1) is 18.9 Å². The minimum Gasteiger partial charge on any atom is -0.481 e. The number of carbonyl (C=O) groups excluding carboxylic acids is 4. The first kappa shape index (κ1) is 30.9. The van der Waals surface area contributed by atoms with Crippen molar-refractivity contribution in [2.45, 2.75) is 45.8 Å². The second kappa shape index (κ2) is 14.7. The van der Waals surface area contributed by atoms with Crippen LogP contribution in [0.4, 0.5) is 4.79 Å².